The third-order valence-corrected chi connectivity index (χ3v) is 2.38. The van der Waals surface area contributed by atoms with E-state index in [2.05, 4.69) is 12.6 Å². The first-order valence-corrected chi connectivity index (χ1v) is 4.43. The minimum absolute atomic E-state index is 0.0808. The zero-order valence-electron chi connectivity index (χ0n) is 7.61. The number of rotatable bonds is 2. The van der Waals surface area contributed by atoms with Crippen LogP contribution in [0.4, 0.5) is 0 Å². The summed E-state index contributed by atoms with van der Waals surface area (Å²) in [6.45, 7) is 1.78. The van der Waals surface area contributed by atoms with E-state index in [1.165, 1.54) is 0 Å². The normalized spacial score (nSPS) is 9.50. The van der Waals surface area contributed by atoms with E-state index < -0.39 is 5.97 Å². The van der Waals surface area contributed by atoms with Crippen LogP contribution in [0.25, 0.3) is 0 Å². The number of benzene rings is 1. The number of hydrogen-bond donors (Lipinski definition) is 2. The number of nitriles is 1. The van der Waals surface area contributed by atoms with Crippen LogP contribution in [0.3, 0.4) is 0 Å². The first-order valence-electron chi connectivity index (χ1n) is 3.99. The second-order valence-corrected chi connectivity index (χ2v) is 3.45. The second-order valence-electron chi connectivity index (χ2n) is 2.97. The molecule has 0 atom stereocenters. The van der Waals surface area contributed by atoms with Crippen LogP contribution in [-0.4, -0.2) is 11.1 Å². The quantitative estimate of drug-likeness (QED) is 0.727. The lowest BCUT2D eigenvalue weighted by molar-refractivity contribution is -0.136. The third-order valence-electron chi connectivity index (χ3n) is 1.92. The van der Waals surface area contributed by atoms with E-state index >= 15 is 0 Å². The van der Waals surface area contributed by atoms with Gasteiger partial charge in [-0.15, -0.1) is 12.6 Å². The number of carboxylic acids is 1. The number of carbonyl (C=O) groups is 1. The number of thiol groups is 1. The molecule has 1 aromatic carbocycles. The molecule has 1 rings (SSSR count). The summed E-state index contributed by atoms with van der Waals surface area (Å²) >= 11 is 4.17. The van der Waals surface area contributed by atoms with Gasteiger partial charge in [0.05, 0.1) is 18.1 Å². The van der Waals surface area contributed by atoms with Gasteiger partial charge in [-0.05, 0) is 30.2 Å². The van der Waals surface area contributed by atoms with Crippen molar-refractivity contribution in [2.45, 2.75) is 18.2 Å². The molecule has 0 bridgehead atoms. The smallest absolute Gasteiger partial charge is 0.307 e. The van der Waals surface area contributed by atoms with Crippen molar-refractivity contribution < 1.29 is 9.90 Å². The van der Waals surface area contributed by atoms with Crippen molar-refractivity contribution in [3.8, 4) is 6.07 Å². The van der Waals surface area contributed by atoms with Crippen molar-refractivity contribution in [2.75, 3.05) is 0 Å². The van der Waals surface area contributed by atoms with Gasteiger partial charge in [-0.2, -0.15) is 5.26 Å². The molecule has 0 saturated heterocycles. The first-order chi connectivity index (χ1) is 6.54. The fraction of sp³-hybridized carbons (Fsp3) is 0.200. The maximum absolute atomic E-state index is 10.5. The molecular weight excluding hydrogens is 198 g/mol. The fourth-order valence-corrected chi connectivity index (χ4v) is 1.44. The van der Waals surface area contributed by atoms with E-state index in [0.717, 1.165) is 5.56 Å². The lowest BCUT2D eigenvalue weighted by Crippen LogP contribution is -2.01. The molecule has 1 aromatic rings. The minimum atomic E-state index is -0.912. The molecule has 0 fully saturated rings. The van der Waals surface area contributed by atoms with Gasteiger partial charge in [0.25, 0.3) is 0 Å². The van der Waals surface area contributed by atoms with Gasteiger partial charge in [0, 0.05) is 4.90 Å². The molecule has 0 unspecified atom stereocenters. The average Bonchev–Trinajstić information content (AvgIpc) is 2.10. The van der Waals surface area contributed by atoms with Crippen LogP contribution in [0.15, 0.2) is 17.0 Å². The lowest BCUT2D eigenvalue weighted by Gasteiger charge is -2.04. The molecule has 72 valence electrons. The van der Waals surface area contributed by atoms with E-state index in [4.69, 9.17) is 10.4 Å². The Morgan fingerprint density at radius 1 is 1.64 bits per heavy atom. The minimum Gasteiger partial charge on any atom is -0.481 e. The monoisotopic (exact) mass is 207 g/mol. The Hall–Kier alpha value is -1.47. The van der Waals surface area contributed by atoms with Crippen LogP contribution in [0.5, 0.6) is 0 Å². The lowest BCUT2D eigenvalue weighted by atomic mass is 10.0. The summed E-state index contributed by atoms with van der Waals surface area (Å²) in [6, 6.07) is 5.27. The molecule has 0 aliphatic rings. The van der Waals surface area contributed by atoms with Crippen LogP contribution in [0.1, 0.15) is 16.7 Å². The van der Waals surface area contributed by atoms with E-state index in [0.29, 0.717) is 16.0 Å². The topological polar surface area (TPSA) is 61.1 Å². The molecule has 14 heavy (non-hydrogen) atoms. The van der Waals surface area contributed by atoms with Crippen LogP contribution in [0.2, 0.25) is 0 Å². The SMILES string of the molecule is Cc1c(S)cc(CC(=O)O)cc1C#N. The summed E-state index contributed by atoms with van der Waals surface area (Å²) in [6.07, 6.45) is -0.0808. The summed E-state index contributed by atoms with van der Waals surface area (Å²) < 4.78 is 0. The number of carboxylic acid groups (broad SMARTS) is 1. The Labute approximate surface area is 87.4 Å². The number of nitrogens with zero attached hydrogens (tertiary/aromatic N) is 1. The summed E-state index contributed by atoms with van der Waals surface area (Å²) in [5.41, 5.74) is 1.86. The van der Waals surface area contributed by atoms with Gasteiger partial charge < -0.3 is 5.11 Å². The molecule has 4 heteroatoms. The Balaban J connectivity index is 3.18. The highest BCUT2D eigenvalue weighted by Crippen LogP contribution is 2.19. The fourth-order valence-electron chi connectivity index (χ4n) is 1.15. The molecule has 1 N–H and O–H groups in total. The van der Waals surface area contributed by atoms with Crippen molar-refractivity contribution in [3.05, 3.63) is 28.8 Å². The van der Waals surface area contributed by atoms with Gasteiger partial charge in [-0.3, -0.25) is 4.79 Å². The highest BCUT2D eigenvalue weighted by atomic mass is 32.1. The largest absolute Gasteiger partial charge is 0.481 e. The van der Waals surface area contributed by atoms with Gasteiger partial charge in [0.15, 0.2) is 0 Å². The van der Waals surface area contributed by atoms with Crippen molar-refractivity contribution >= 4 is 18.6 Å². The van der Waals surface area contributed by atoms with E-state index in [9.17, 15) is 4.79 Å². The number of aliphatic carboxylic acids is 1. The molecule has 0 spiro atoms. The van der Waals surface area contributed by atoms with Crippen LogP contribution in [0, 0.1) is 18.3 Å². The van der Waals surface area contributed by atoms with Crippen molar-refractivity contribution in [2.24, 2.45) is 0 Å². The summed E-state index contributed by atoms with van der Waals surface area (Å²) in [7, 11) is 0. The zero-order valence-corrected chi connectivity index (χ0v) is 8.51. The van der Waals surface area contributed by atoms with E-state index in [1.54, 1.807) is 19.1 Å². The summed E-state index contributed by atoms with van der Waals surface area (Å²) in [5, 5.41) is 17.4. The predicted octanol–water partition coefficient (Wildman–Crippen LogP) is 1.78. The molecule has 0 saturated carbocycles. The van der Waals surface area contributed by atoms with Gasteiger partial charge in [-0.25, -0.2) is 0 Å². The predicted molar refractivity (Wildman–Crippen MR) is 54.5 cm³/mol. The maximum atomic E-state index is 10.5. The van der Waals surface area contributed by atoms with Crippen LogP contribution < -0.4 is 0 Å². The van der Waals surface area contributed by atoms with Crippen molar-refractivity contribution in [1.82, 2.24) is 0 Å². The summed E-state index contributed by atoms with van der Waals surface area (Å²) in [4.78, 5) is 11.1. The van der Waals surface area contributed by atoms with E-state index in [1.807, 2.05) is 6.07 Å². The van der Waals surface area contributed by atoms with Crippen LogP contribution >= 0.6 is 12.6 Å². The molecule has 0 amide bonds. The maximum Gasteiger partial charge on any atom is 0.307 e. The van der Waals surface area contributed by atoms with Crippen molar-refractivity contribution in [3.63, 3.8) is 0 Å². The molecule has 0 aliphatic carbocycles. The second kappa shape index (κ2) is 4.16. The molecule has 0 radical (unpaired) electrons. The Morgan fingerprint density at radius 3 is 2.79 bits per heavy atom. The van der Waals surface area contributed by atoms with Gasteiger partial charge in [-0.1, -0.05) is 0 Å². The zero-order chi connectivity index (χ0) is 10.7. The highest BCUT2D eigenvalue weighted by Gasteiger charge is 2.07. The Bertz CT molecular complexity index is 421. The van der Waals surface area contributed by atoms with Crippen molar-refractivity contribution in [1.29, 1.82) is 5.26 Å². The average molecular weight is 207 g/mol. The van der Waals surface area contributed by atoms with Crippen LogP contribution in [-0.2, 0) is 11.2 Å². The van der Waals surface area contributed by atoms with Gasteiger partial charge in [0.2, 0.25) is 0 Å². The van der Waals surface area contributed by atoms with Gasteiger partial charge >= 0.3 is 5.97 Å². The molecule has 3 nitrogen and oxygen atoms in total. The molecular formula is C10H9NO2S. The molecule has 0 aromatic heterocycles. The Kier molecular flexibility index (Phi) is 3.15. The summed E-state index contributed by atoms with van der Waals surface area (Å²) in [5.74, 6) is -0.912. The standard InChI is InChI=1S/C10H9NO2S/c1-6-8(5-11)2-7(3-9(6)14)4-10(12)13/h2-3,14H,4H2,1H3,(H,12,13). The first kappa shape index (κ1) is 10.6. The Morgan fingerprint density at radius 2 is 2.29 bits per heavy atom. The highest BCUT2D eigenvalue weighted by molar-refractivity contribution is 7.80. The van der Waals surface area contributed by atoms with E-state index in [-0.39, 0.29) is 6.42 Å². The number of hydrogen-bond acceptors (Lipinski definition) is 3. The van der Waals surface area contributed by atoms with Gasteiger partial charge in [0.1, 0.15) is 0 Å². The molecule has 0 heterocycles. The molecule has 0 aliphatic heterocycles. The third kappa shape index (κ3) is 2.27.